The molecule has 2 aromatic rings. The minimum Gasteiger partial charge on any atom is -0.478 e. The lowest BCUT2D eigenvalue weighted by Crippen LogP contribution is -2.51. The van der Waals surface area contributed by atoms with E-state index in [1.165, 1.54) is 12.1 Å². The molecule has 0 radical (unpaired) electrons. The predicted octanol–water partition coefficient (Wildman–Crippen LogP) is 6.38. The van der Waals surface area contributed by atoms with E-state index in [-0.39, 0.29) is 28.2 Å². The first-order chi connectivity index (χ1) is 16.5. The molecule has 0 unspecified atom stereocenters. The summed E-state index contributed by atoms with van der Waals surface area (Å²) in [6, 6.07) is 9.13. The van der Waals surface area contributed by atoms with Crippen LogP contribution in [-0.4, -0.2) is 33.3 Å². The topological polar surface area (TPSA) is 70.0 Å². The number of hydrogen-bond donors (Lipinski definition) is 1. The molecule has 1 spiro atoms. The van der Waals surface area contributed by atoms with Crippen LogP contribution >= 0.6 is 0 Å². The van der Waals surface area contributed by atoms with Crippen LogP contribution in [0.1, 0.15) is 87.3 Å². The van der Waals surface area contributed by atoms with Gasteiger partial charge >= 0.3 is 5.97 Å². The Bertz CT molecular complexity index is 1140. The fourth-order valence-electron chi connectivity index (χ4n) is 5.58. The molecular formula is C28H32F2N2O3. The zero-order valence-electron chi connectivity index (χ0n) is 20.6. The van der Waals surface area contributed by atoms with E-state index < -0.39 is 29.3 Å². The zero-order valence-corrected chi connectivity index (χ0v) is 20.6. The fraction of sp³-hybridized carbons (Fsp3) is 0.464. The van der Waals surface area contributed by atoms with E-state index >= 15 is 0 Å². The third kappa shape index (κ3) is 4.60. The number of carboxylic acid groups (broad SMARTS) is 1. The Morgan fingerprint density at radius 1 is 1.14 bits per heavy atom. The van der Waals surface area contributed by atoms with Crippen LogP contribution in [0.5, 0.6) is 0 Å². The molecule has 7 heteroatoms. The van der Waals surface area contributed by atoms with Crippen LogP contribution in [-0.2, 0) is 4.79 Å². The van der Waals surface area contributed by atoms with E-state index in [9.17, 15) is 23.5 Å². The van der Waals surface area contributed by atoms with Crippen molar-refractivity contribution in [1.82, 2.24) is 4.90 Å². The first-order valence-electron chi connectivity index (χ1n) is 12.2. The number of aliphatic imine (C=N–C) groups is 1. The third-order valence-electron chi connectivity index (χ3n) is 8.16. The molecule has 5 nitrogen and oxygen atoms in total. The quantitative estimate of drug-likeness (QED) is 0.520. The van der Waals surface area contributed by atoms with Crippen molar-refractivity contribution >= 4 is 17.6 Å². The number of nitrogens with zero attached hydrogens (tertiary/aromatic N) is 2. The van der Waals surface area contributed by atoms with E-state index in [0.717, 1.165) is 43.0 Å². The largest absolute Gasteiger partial charge is 0.478 e. The van der Waals surface area contributed by atoms with Gasteiger partial charge in [0.05, 0.1) is 11.6 Å². The van der Waals surface area contributed by atoms with Crippen LogP contribution in [0, 0.1) is 23.0 Å². The second-order valence-electron chi connectivity index (χ2n) is 10.5. The molecule has 0 aromatic heterocycles. The lowest BCUT2D eigenvalue weighted by Gasteiger charge is -2.47. The number of benzene rings is 2. The molecule has 1 heterocycles. The molecule has 1 aliphatic carbocycles. The molecule has 186 valence electrons. The average Bonchev–Trinajstić information content (AvgIpc) is 3.09. The lowest BCUT2D eigenvalue weighted by atomic mass is 9.67. The van der Waals surface area contributed by atoms with E-state index in [0.29, 0.717) is 18.8 Å². The van der Waals surface area contributed by atoms with Gasteiger partial charge in [-0.1, -0.05) is 39.3 Å². The molecule has 4 rings (SSSR count). The van der Waals surface area contributed by atoms with Crippen molar-refractivity contribution in [1.29, 1.82) is 0 Å². The van der Waals surface area contributed by atoms with Crippen LogP contribution in [0.25, 0.3) is 0 Å². The molecular weight excluding hydrogens is 450 g/mol. The van der Waals surface area contributed by atoms with Crippen molar-refractivity contribution in [3.8, 4) is 0 Å². The summed E-state index contributed by atoms with van der Waals surface area (Å²) in [6.07, 6.45) is 4.15. The van der Waals surface area contributed by atoms with Gasteiger partial charge in [-0.15, -0.1) is 0 Å². The molecule has 35 heavy (non-hydrogen) atoms. The maximum absolute atomic E-state index is 14.0. The van der Waals surface area contributed by atoms with E-state index in [2.05, 4.69) is 20.8 Å². The molecule has 2 aromatic carbocycles. The number of halogens is 2. The SMILES string of the molecule is CCC(C)(C)C1CCC2(CC1)N=C(c1cc(F)cc(F)c1)C(=O)N2[C@H](C)c1ccc(C(=O)O)cc1. The van der Waals surface area contributed by atoms with Gasteiger partial charge in [0.25, 0.3) is 5.91 Å². The maximum atomic E-state index is 14.0. The zero-order chi connectivity index (χ0) is 25.5. The highest BCUT2D eigenvalue weighted by Crippen LogP contribution is 2.50. The number of rotatable bonds is 6. The number of carbonyl (C=O) groups is 2. The van der Waals surface area contributed by atoms with Crippen molar-refractivity contribution in [2.45, 2.75) is 71.5 Å². The molecule has 1 fully saturated rings. The lowest BCUT2D eigenvalue weighted by molar-refractivity contribution is -0.133. The summed E-state index contributed by atoms with van der Waals surface area (Å²) in [5.41, 5.74) is 0.523. The van der Waals surface area contributed by atoms with Crippen molar-refractivity contribution in [3.63, 3.8) is 0 Å². The van der Waals surface area contributed by atoms with Crippen molar-refractivity contribution < 1.29 is 23.5 Å². The Kier molecular flexibility index (Phi) is 6.56. The Morgan fingerprint density at radius 2 is 1.71 bits per heavy atom. The first kappa shape index (κ1) is 25.0. The minimum atomic E-state index is -1.02. The summed E-state index contributed by atoms with van der Waals surface area (Å²) in [5.74, 6) is -2.40. The van der Waals surface area contributed by atoms with E-state index in [4.69, 9.17) is 4.99 Å². The summed E-state index contributed by atoms with van der Waals surface area (Å²) in [4.78, 5) is 31.7. The Morgan fingerprint density at radius 3 is 2.23 bits per heavy atom. The molecule has 1 N–H and O–H groups in total. The molecule has 1 amide bonds. The van der Waals surface area contributed by atoms with E-state index in [1.54, 1.807) is 17.0 Å². The second-order valence-corrected chi connectivity index (χ2v) is 10.5. The van der Waals surface area contributed by atoms with Gasteiger partial charge in [-0.25, -0.2) is 13.6 Å². The van der Waals surface area contributed by atoms with Crippen LogP contribution in [0.2, 0.25) is 0 Å². The predicted molar refractivity (Wildman–Crippen MR) is 130 cm³/mol. The smallest absolute Gasteiger partial charge is 0.335 e. The number of carboxylic acids is 1. The molecule has 1 saturated carbocycles. The van der Waals surface area contributed by atoms with Crippen molar-refractivity contribution in [2.24, 2.45) is 16.3 Å². The third-order valence-corrected chi connectivity index (χ3v) is 8.16. The highest BCUT2D eigenvalue weighted by molar-refractivity contribution is 6.46. The number of aromatic carboxylic acids is 1. The second kappa shape index (κ2) is 9.17. The summed E-state index contributed by atoms with van der Waals surface area (Å²) in [7, 11) is 0. The Hall–Kier alpha value is -3.09. The highest BCUT2D eigenvalue weighted by atomic mass is 19.1. The standard InChI is InChI=1S/C28H32F2N2O3/c1-5-27(3,4)21-10-12-28(13-11-21)31-24(20-14-22(29)16-23(30)15-20)25(33)32(28)17(2)18-6-8-19(9-7-18)26(34)35/h6-9,14-17,21H,5,10-13H2,1-4H3,(H,34,35)/t17-,21?,28?/m1/s1. The summed E-state index contributed by atoms with van der Waals surface area (Å²) >= 11 is 0. The number of amides is 1. The van der Waals surface area contributed by atoms with Gasteiger partial charge in [0.1, 0.15) is 23.0 Å². The van der Waals surface area contributed by atoms with Gasteiger partial charge in [-0.2, -0.15) is 0 Å². The van der Waals surface area contributed by atoms with Gasteiger partial charge < -0.3 is 10.0 Å². The number of carbonyl (C=O) groups excluding carboxylic acids is 1. The molecule has 1 atom stereocenters. The van der Waals surface area contributed by atoms with Crippen LogP contribution in [0.3, 0.4) is 0 Å². The Labute approximate surface area is 204 Å². The van der Waals surface area contributed by atoms with Gasteiger partial charge in [-0.05, 0) is 73.8 Å². The van der Waals surface area contributed by atoms with Crippen LogP contribution < -0.4 is 0 Å². The monoisotopic (exact) mass is 482 g/mol. The maximum Gasteiger partial charge on any atom is 0.335 e. The van der Waals surface area contributed by atoms with Gasteiger partial charge in [-0.3, -0.25) is 9.79 Å². The van der Waals surface area contributed by atoms with Crippen molar-refractivity contribution in [2.75, 3.05) is 0 Å². The average molecular weight is 483 g/mol. The fourth-order valence-corrected chi connectivity index (χ4v) is 5.58. The number of hydrogen-bond acceptors (Lipinski definition) is 3. The summed E-state index contributed by atoms with van der Waals surface area (Å²) in [5, 5.41) is 9.24. The summed E-state index contributed by atoms with van der Waals surface area (Å²) in [6.45, 7) is 8.61. The van der Waals surface area contributed by atoms with Crippen LogP contribution in [0.4, 0.5) is 8.78 Å². The van der Waals surface area contributed by atoms with Gasteiger partial charge in [0.15, 0.2) is 0 Å². The first-order valence-corrected chi connectivity index (χ1v) is 12.2. The van der Waals surface area contributed by atoms with Gasteiger partial charge in [0, 0.05) is 11.6 Å². The normalized spacial score (nSPS) is 23.5. The summed E-state index contributed by atoms with van der Waals surface area (Å²) < 4.78 is 28.0. The molecule has 0 bridgehead atoms. The van der Waals surface area contributed by atoms with Crippen LogP contribution in [0.15, 0.2) is 47.5 Å². The minimum absolute atomic E-state index is 0.0746. The van der Waals surface area contributed by atoms with E-state index in [1.807, 2.05) is 6.92 Å². The highest BCUT2D eigenvalue weighted by Gasteiger charge is 2.52. The molecule has 2 aliphatic rings. The molecule has 1 aliphatic heterocycles. The van der Waals surface area contributed by atoms with Gasteiger partial charge in [0.2, 0.25) is 0 Å². The Balaban J connectivity index is 1.73. The van der Waals surface area contributed by atoms with Crippen molar-refractivity contribution in [3.05, 3.63) is 70.8 Å². The molecule has 0 saturated heterocycles.